The molecule has 0 saturated carbocycles. The van der Waals surface area contributed by atoms with E-state index in [-0.39, 0.29) is 12.5 Å². The average Bonchev–Trinajstić information content (AvgIpc) is 3.27. The molecule has 1 N–H and O–H groups in total. The highest BCUT2D eigenvalue weighted by molar-refractivity contribution is 5.75. The first-order chi connectivity index (χ1) is 12.7. The van der Waals surface area contributed by atoms with E-state index in [0.29, 0.717) is 12.4 Å². The molecule has 3 heterocycles. The Balaban J connectivity index is 1.37. The summed E-state index contributed by atoms with van der Waals surface area (Å²) in [6.07, 6.45) is 3.90. The minimum absolute atomic E-state index is 0.00626. The zero-order valence-corrected chi connectivity index (χ0v) is 14.2. The molecule has 1 amide bonds. The van der Waals surface area contributed by atoms with Crippen LogP contribution >= 0.6 is 0 Å². The van der Waals surface area contributed by atoms with E-state index in [1.807, 2.05) is 66.2 Å². The molecule has 0 aliphatic heterocycles. The number of tetrazole rings is 1. The number of pyridine rings is 1. The summed E-state index contributed by atoms with van der Waals surface area (Å²) in [6.45, 7) is 2.38. The first-order valence-electron chi connectivity index (χ1n) is 8.21. The SMILES string of the molecule is Cc1ccc2nc(CNC(=O)Cn3nnc(-c4ccccc4)n3)cn2c1. The monoisotopic (exact) mass is 347 g/mol. The number of nitrogens with one attached hydrogen (secondary N) is 1. The van der Waals surface area contributed by atoms with E-state index in [2.05, 4.69) is 25.7 Å². The molecule has 4 aromatic rings. The number of carbonyl (C=O) groups is 1. The zero-order valence-electron chi connectivity index (χ0n) is 14.2. The van der Waals surface area contributed by atoms with Crippen LogP contribution in [0.15, 0.2) is 54.9 Å². The van der Waals surface area contributed by atoms with Gasteiger partial charge in [-0.25, -0.2) is 4.98 Å². The van der Waals surface area contributed by atoms with Crippen molar-refractivity contribution in [3.8, 4) is 11.4 Å². The molecule has 0 aliphatic carbocycles. The van der Waals surface area contributed by atoms with Gasteiger partial charge in [0.1, 0.15) is 12.2 Å². The van der Waals surface area contributed by atoms with E-state index in [1.165, 1.54) is 4.80 Å². The molecule has 0 aliphatic rings. The Morgan fingerprint density at radius 3 is 2.81 bits per heavy atom. The second kappa shape index (κ2) is 6.75. The normalized spacial score (nSPS) is 11.0. The number of hydrogen-bond acceptors (Lipinski definition) is 5. The lowest BCUT2D eigenvalue weighted by Crippen LogP contribution is -2.28. The van der Waals surface area contributed by atoms with Crippen LogP contribution in [0.2, 0.25) is 0 Å². The first-order valence-corrected chi connectivity index (χ1v) is 8.21. The molecule has 0 fully saturated rings. The lowest BCUT2D eigenvalue weighted by molar-refractivity contribution is -0.122. The minimum atomic E-state index is -0.199. The molecular formula is C18H17N7O. The number of aromatic nitrogens is 6. The number of nitrogens with zero attached hydrogens (tertiary/aromatic N) is 6. The van der Waals surface area contributed by atoms with E-state index in [1.54, 1.807) is 0 Å². The summed E-state index contributed by atoms with van der Waals surface area (Å²) in [6, 6.07) is 13.5. The van der Waals surface area contributed by atoms with Crippen molar-refractivity contribution in [2.75, 3.05) is 0 Å². The number of carbonyl (C=O) groups excluding carboxylic acids is 1. The maximum absolute atomic E-state index is 12.1. The number of fused-ring (bicyclic) bond motifs is 1. The molecule has 8 heteroatoms. The fraction of sp³-hybridized carbons (Fsp3) is 0.167. The van der Waals surface area contributed by atoms with Crippen LogP contribution in [0.25, 0.3) is 17.0 Å². The van der Waals surface area contributed by atoms with E-state index in [4.69, 9.17) is 0 Å². The Kier molecular flexibility index (Phi) is 4.14. The molecule has 0 atom stereocenters. The highest BCUT2D eigenvalue weighted by atomic mass is 16.2. The number of rotatable bonds is 5. The van der Waals surface area contributed by atoms with E-state index in [9.17, 15) is 4.79 Å². The number of benzene rings is 1. The highest BCUT2D eigenvalue weighted by Crippen LogP contribution is 2.11. The second-order valence-electron chi connectivity index (χ2n) is 5.99. The smallest absolute Gasteiger partial charge is 0.244 e. The van der Waals surface area contributed by atoms with Crippen molar-refractivity contribution in [1.29, 1.82) is 0 Å². The summed E-state index contributed by atoms with van der Waals surface area (Å²) in [7, 11) is 0. The van der Waals surface area contributed by atoms with Crippen LogP contribution < -0.4 is 5.32 Å². The van der Waals surface area contributed by atoms with Crippen LogP contribution in [0, 0.1) is 6.92 Å². The van der Waals surface area contributed by atoms with Gasteiger partial charge in [0.15, 0.2) is 0 Å². The quantitative estimate of drug-likeness (QED) is 0.592. The van der Waals surface area contributed by atoms with Crippen molar-refractivity contribution in [3.05, 3.63) is 66.1 Å². The standard InChI is InChI=1S/C18H17N7O/c1-13-7-8-16-20-15(11-24(16)10-13)9-19-17(26)12-25-22-18(21-23-25)14-5-3-2-4-6-14/h2-8,10-11H,9,12H2,1H3,(H,19,26). The molecule has 0 bridgehead atoms. The van der Waals surface area contributed by atoms with Gasteiger partial charge < -0.3 is 9.72 Å². The number of aryl methyl sites for hydroxylation is 1. The molecule has 3 aromatic heterocycles. The van der Waals surface area contributed by atoms with E-state index >= 15 is 0 Å². The predicted molar refractivity (Wildman–Crippen MR) is 95.0 cm³/mol. The summed E-state index contributed by atoms with van der Waals surface area (Å²) >= 11 is 0. The Morgan fingerprint density at radius 1 is 1.12 bits per heavy atom. The fourth-order valence-electron chi connectivity index (χ4n) is 2.63. The third-order valence-electron chi connectivity index (χ3n) is 3.89. The van der Waals surface area contributed by atoms with Crippen LogP contribution in [0.5, 0.6) is 0 Å². The highest BCUT2D eigenvalue weighted by Gasteiger charge is 2.10. The third-order valence-corrected chi connectivity index (χ3v) is 3.89. The third kappa shape index (κ3) is 3.44. The van der Waals surface area contributed by atoms with Gasteiger partial charge in [-0.05, 0) is 23.8 Å². The summed E-state index contributed by atoms with van der Waals surface area (Å²) in [5.41, 5.74) is 3.65. The number of hydrogen-bond donors (Lipinski definition) is 1. The summed E-state index contributed by atoms with van der Waals surface area (Å²) in [4.78, 5) is 17.9. The fourth-order valence-corrected chi connectivity index (χ4v) is 2.63. The molecule has 0 unspecified atom stereocenters. The van der Waals surface area contributed by atoms with Gasteiger partial charge in [-0.15, -0.1) is 10.2 Å². The Hall–Kier alpha value is -3.55. The van der Waals surface area contributed by atoms with E-state index in [0.717, 1.165) is 22.5 Å². The van der Waals surface area contributed by atoms with Crippen LogP contribution in [0.3, 0.4) is 0 Å². The first kappa shape index (κ1) is 15.9. The van der Waals surface area contributed by atoms with Crippen molar-refractivity contribution < 1.29 is 4.79 Å². The second-order valence-corrected chi connectivity index (χ2v) is 5.99. The van der Waals surface area contributed by atoms with Crippen molar-refractivity contribution >= 4 is 11.6 Å². The van der Waals surface area contributed by atoms with Gasteiger partial charge in [0.2, 0.25) is 11.7 Å². The van der Waals surface area contributed by atoms with Crippen LogP contribution in [0.4, 0.5) is 0 Å². The van der Waals surface area contributed by atoms with Crippen LogP contribution in [-0.2, 0) is 17.9 Å². The predicted octanol–water partition coefficient (Wildman–Crippen LogP) is 1.61. The Morgan fingerprint density at radius 2 is 1.96 bits per heavy atom. The van der Waals surface area contributed by atoms with Gasteiger partial charge in [-0.3, -0.25) is 4.79 Å². The minimum Gasteiger partial charge on any atom is -0.349 e. The van der Waals surface area contributed by atoms with Gasteiger partial charge in [0.25, 0.3) is 0 Å². The topological polar surface area (TPSA) is 90.0 Å². The molecular weight excluding hydrogens is 330 g/mol. The number of amides is 1. The zero-order chi connectivity index (χ0) is 17.9. The van der Waals surface area contributed by atoms with Crippen LogP contribution in [0.1, 0.15) is 11.3 Å². The van der Waals surface area contributed by atoms with Crippen molar-refractivity contribution in [2.45, 2.75) is 20.0 Å². The molecule has 0 saturated heterocycles. The van der Waals surface area contributed by atoms with Gasteiger partial charge >= 0.3 is 0 Å². The van der Waals surface area contributed by atoms with Crippen molar-refractivity contribution in [3.63, 3.8) is 0 Å². The molecule has 130 valence electrons. The lowest BCUT2D eigenvalue weighted by atomic mass is 10.2. The molecule has 26 heavy (non-hydrogen) atoms. The van der Waals surface area contributed by atoms with Crippen LogP contribution in [-0.4, -0.2) is 35.5 Å². The van der Waals surface area contributed by atoms with Gasteiger partial charge in [0.05, 0.1) is 12.2 Å². The molecule has 4 rings (SSSR count). The van der Waals surface area contributed by atoms with Crippen molar-refractivity contribution in [1.82, 2.24) is 34.9 Å². The average molecular weight is 347 g/mol. The van der Waals surface area contributed by atoms with Gasteiger partial charge in [-0.1, -0.05) is 36.4 Å². The molecule has 0 radical (unpaired) electrons. The largest absolute Gasteiger partial charge is 0.349 e. The maximum Gasteiger partial charge on any atom is 0.244 e. The summed E-state index contributed by atoms with van der Waals surface area (Å²) in [5, 5.41) is 15.0. The van der Waals surface area contributed by atoms with Gasteiger partial charge in [-0.2, -0.15) is 4.80 Å². The lowest BCUT2D eigenvalue weighted by Gasteiger charge is -2.01. The van der Waals surface area contributed by atoms with Gasteiger partial charge in [0, 0.05) is 18.0 Å². The Bertz CT molecular complexity index is 1050. The van der Waals surface area contributed by atoms with Crippen molar-refractivity contribution in [2.24, 2.45) is 0 Å². The number of imidazole rings is 1. The maximum atomic E-state index is 12.1. The Labute approximate surface area is 149 Å². The summed E-state index contributed by atoms with van der Waals surface area (Å²) in [5.74, 6) is 0.296. The molecule has 1 aromatic carbocycles. The summed E-state index contributed by atoms with van der Waals surface area (Å²) < 4.78 is 1.95. The molecule has 8 nitrogen and oxygen atoms in total. The molecule has 0 spiro atoms. The van der Waals surface area contributed by atoms with E-state index < -0.39 is 0 Å².